The first-order valence-corrected chi connectivity index (χ1v) is 5.51. The van der Waals surface area contributed by atoms with Crippen molar-refractivity contribution in [3.8, 4) is 11.3 Å². The van der Waals surface area contributed by atoms with Crippen molar-refractivity contribution in [1.29, 1.82) is 0 Å². The highest BCUT2D eigenvalue weighted by Gasteiger charge is 2.27. The van der Waals surface area contributed by atoms with Gasteiger partial charge in [-0.05, 0) is 12.1 Å². The summed E-state index contributed by atoms with van der Waals surface area (Å²) in [6.07, 6.45) is 1.20. The summed E-state index contributed by atoms with van der Waals surface area (Å²) < 4.78 is 0. The molecule has 0 unspecified atom stereocenters. The Labute approximate surface area is 112 Å². The van der Waals surface area contributed by atoms with Gasteiger partial charge in [-0.1, -0.05) is 29.8 Å². The van der Waals surface area contributed by atoms with Crippen molar-refractivity contribution in [3.63, 3.8) is 0 Å². The van der Waals surface area contributed by atoms with Crippen molar-refractivity contribution in [2.45, 2.75) is 0 Å². The summed E-state index contributed by atoms with van der Waals surface area (Å²) in [4.78, 5) is 25.2. The molecule has 2 rings (SSSR count). The predicted molar refractivity (Wildman–Crippen MR) is 68.3 cm³/mol. The van der Waals surface area contributed by atoms with Gasteiger partial charge in [0.1, 0.15) is 5.56 Å². The number of carboxylic acid groups (broad SMARTS) is 1. The number of aromatic carboxylic acids is 1. The Kier molecular flexibility index (Phi) is 3.43. The van der Waals surface area contributed by atoms with E-state index in [4.69, 9.17) is 16.7 Å². The van der Waals surface area contributed by atoms with Crippen molar-refractivity contribution >= 4 is 23.3 Å². The first-order chi connectivity index (χ1) is 9.02. The van der Waals surface area contributed by atoms with Crippen molar-refractivity contribution in [2.24, 2.45) is 0 Å². The van der Waals surface area contributed by atoms with E-state index in [2.05, 4.69) is 4.98 Å². The molecule has 7 heteroatoms. The molecule has 0 amide bonds. The van der Waals surface area contributed by atoms with Crippen LogP contribution in [0, 0.1) is 10.1 Å². The topological polar surface area (TPSA) is 93.3 Å². The molecule has 19 heavy (non-hydrogen) atoms. The van der Waals surface area contributed by atoms with E-state index in [1.54, 1.807) is 24.3 Å². The average molecular weight is 279 g/mol. The molecule has 0 saturated carbocycles. The van der Waals surface area contributed by atoms with E-state index in [0.717, 1.165) is 6.07 Å². The van der Waals surface area contributed by atoms with Crippen LogP contribution < -0.4 is 0 Å². The lowest BCUT2D eigenvalue weighted by molar-refractivity contribution is -0.384. The van der Waals surface area contributed by atoms with E-state index >= 15 is 0 Å². The minimum absolute atomic E-state index is 0.0597. The molecule has 0 fully saturated rings. The highest BCUT2D eigenvalue weighted by atomic mass is 35.5. The highest BCUT2D eigenvalue weighted by Crippen LogP contribution is 2.34. The van der Waals surface area contributed by atoms with Gasteiger partial charge in [0.2, 0.25) is 0 Å². The molecule has 0 saturated heterocycles. The fourth-order valence-electron chi connectivity index (χ4n) is 1.66. The molecule has 0 aliphatic heterocycles. The third-order valence-electron chi connectivity index (χ3n) is 2.47. The third kappa shape index (κ3) is 2.38. The molecule has 0 spiro atoms. The van der Waals surface area contributed by atoms with Gasteiger partial charge in [0, 0.05) is 11.8 Å². The lowest BCUT2D eigenvalue weighted by atomic mass is 10.1. The van der Waals surface area contributed by atoms with E-state index in [-0.39, 0.29) is 10.7 Å². The Morgan fingerprint density at radius 2 is 2.00 bits per heavy atom. The molecule has 0 aliphatic rings. The summed E-state index contributed by atoms with van der Waals surface area (Å²) in [5.74, 6) is -1.39. The van der Waals surface area contributed by atoms with E-state index in [1.165, 1.54) is 6.20 Å². The van der Waals surface area contributed by atoms with E-state index in [9.17, 15) is 14.9 Å². The lowest BCUT2D eigenvalue weighted by Gasteiger charge is -2.06. The largest absolute Gasteiger partial charge is 0.477 e. The van der Waals surface area contributed by atoms with E-state index in [1.807, 2.05) is 0 Å². The van der Waals surface area contributed by atoms with Gasteiger partial charge in [-0.15, -0.1) is 0 Å². The van der Waals surface area contributed by atoms with Crippen molar-refractivity contribution in [3.05, 3.63) is 57.2 Å². The van der Waals surface area contributed by atoms with Gasteiger partial charge in [-0.3, -0.25) is 10.1 Å². The summed E-state index contributed by atoms with van der Waals surface area (Å²) in [5, 5.41) is 20.3. The summed E-state index contributed by atoms with van der Waals surface area (Å²) in [6, 6.07) is 7.48. The predicted octanol–water partition coefficient (Wildman–Crippen LogP) is 3.01. The average Bonchev–Trinajstić information content (AvgIpc) is 2.38. The number of aromatic nitrogens is 1. The maximum Gasteiger partial charge on any atom is 0.342 e. The lowest BCUT2D eigenvalue weighted by Crippen LogP contribution is -2.05. The maximum absolute atomic E-state index is 11.1. The van der Waals surface area contributed by atoms with Gasteiger partial charge < -0.3 is 5.11 Å². The van der Waals surface area contributed by atoms with E-state index < -0.39 is 22.1 Å². The zero-order valence-corrected chi connectivity index (χ0v) is 10.2. The van der Waals surface area contributed by atoms with Crippen LogP contribution in [0.5, 0.6) is 0 Å². The molecule has 96 valence electrons. The minimum atomic E-state index is -1.39. The normalized spacial score (nSPS) is 10.2. The second-order valence-electron chi connectivity index (χ2n) is 3.60. The summed E-state index contributed by atoms with van der Waals surface area (Å²) in [5.41, 5.74) is -0.729. The number of benzene rings is 1. The smallest absolute Gasteiger partial charge is 0.342 e. The van der Waals surface area contributed by atoms with Crippen LogP contribution in [0.15, 0.2) is 36.5 Å². The summed E-state index contributed by atoms with van der Waals surface area (Å²) in [7, 11) is 0. The van der Waals surface area contributed by atoms with Crippen molar-refractivity contribution < 1.29 is 14.8 Å². The number of carbonyl (C=O) groups is 1. The number of carboxylic acids is 1. The fourth-order valence-corrected chi connectivity index (χ4v) is 1.89. The molecule has 0 radical (unpaired) electrons. The van der Waals surface area contributed by atoms with Crippen LogP contribution in [0.3, 0.4) is 0 Å². The van der Waals surface area contributed by atoms with Crippen LogP contribution in [0.4, 0.5) is 5.69 Å². The molecular weight excluding hydrogens is 272 g/mol. The van der Waals surface area contributed by atoms with Crippen LogP contribution in [0.2, 0.25) is 5.02 Å². The zero-order valence-electron chi connectivity index (χ0n) is 9.41. The first kappa shape index (κ1) is 13.0. The quantitative estimate of drug-likeness (QED) is 0.688. The number of nitrogens with zero attached hydrogens (tertiary/aromatic N) is 2. The Morgan fingerprint density at radius 3 is 2.58 bits per heavy atom. The van der Waals surface area contributed by atoms with Gasteiger partial charge >= 0.3 is 11.7 Å². The zero-order chi connectivity index (χ0) is 14.0. The maximum atomic E-state index is 11.1. The van der Waals surface area contributed by atoms with Crippen LogP contribution in [-0.2, 0) is 0 Å². The number of pyridine rings is 1. The number of hydrogen-bond acceptors (Lipinski definition) is 4. The molecular formula is C12H7ClN2O4. The van der Waals surface area contributed by atoms with E-state index in [0.29, 0.717) is 5.56 Å². The minimum Gasteiger partial charge on any atom is -0.477 e. The molecule has 0 aliphatic carbocycles. The Morgan fingerprint density at radius 1 is 1.32 bits per heavy atom. The van der Waals surface area contributed by atoms with Crippen molar-refractivity contribution in [2.75, 3.05) is 0 Å². The van der Waals surface area contributed by atoms with Gasteiger partial charge in [-0.25, -0.2) is 9.78 Å². The number of halogens is 1. The number of hydrogen-bond donors (Lipinski definition) is 1. The molecule has 1 aromatic carbocycles. The van der Waals surface area contributed by atoms with Gasteiger partial charge in [0.05, 0.1) is 9.95 Å². The van der Waals surface area contributed by atoms with Gasteiger partial charge in [0.25, 0.3) is 0 Å². The molecule has 1 heterocycles. The van der Waals surface area contributed by atoms with Crippen molar-refractivity contribution in [1.82, 2.24) is 4.98 Å². The van der Waals surface area contributed by atoms with Crippen LogP contribution in [0.1, 0.15) is 10.4 Å². The Hall–Kier alpha value is -2.47. The van der Waals surface area contributed by atoms with Crippen LogP contribution in [-0.4, -0.2) is 21.0 Å². The molecule has 6 nitrogen and oxygen atoms in total. The van der Waals surface area contributed by atoms with Gasteiger partial charge in [0.15, 0.2) is 5.69 Å². The molecule has 2 aromatic rings. The molecule has 0 bridgehead atoms. The monoisotopic (exact) mass is 278 g/mol. The third-order valence-corrected chi connectivity index (χ3v) is 2.80. The van der Waals surface area contributed by atoms with Gasteiger partial charge in [-0.2, -0.15) is 0 Å². The molecule has 0 atom stereocenters. The number of rotatable bonds is 3. The van der Waals surface area contributed by atoms with Crippen LogP contribution in [0.25, 0.3) is 11.3 Å². The summed E-state index contributed by atoms with van der Waals surface area (Å²) >= 11 is 5.96. The molecule has 1 aromatic heterocycles. The number of nitro groups is 1. The standard InChI is InChI=1S/C12H7ClN2O4/c13-9-4-2-1-3-7(9)10-11(15(18)19)8(12(16)17)5-6-14-10/h1-6H,(H,16,17). The SMILES string of the molecule is O=C(O)c1ccnc(-c2ccccc2Cl)c1[N+](=O)[O-]. The Balaban J connectivity index is 2.78. The Bertz CT molecular complexity index is 673. The first-order valence-electron chi connectivity index (χ1n) is 5.14. The van der Waals surface area contributed by atoms with Crippen LogP contribution >= 0.6 is 11.6 Å². The summed E-state index contributed by atoms with van der Waals surface area (Å²) in [6.45, 7) is 0. The second kappa shape index (κ2) is 5.03. The fraction of sp³-hybridized carbons (Fsp3) is 0. The second-order valence-corrected chi connectivity index (χ2v) is 4.01. The highest BCUT2D eigenvalue weighted by molar-refractivity contribution is 6.33. The molecule has 1 N–H and O–H groups in total.